The highest BCUT2D eigenvalue weighted by Crippen LogP contribution is 2.30. The van der Waals surface area contributed by atoms with Gasteiger partial charge in [0.25, 0.3) is 0 Å². The van der Waals surface area contributed by atoms with Crippen LogP contribution >= 0.6 is 23.4 Å². The number of thioether (sulfide) groups is 1. The molecule has 2 aliphatic rings. The van der Waals surface area contributed by atoms with Crippen molar-refractivity contribution >= 4 is 45.9 Å². The molecular formula is C16H15ClN2O2S. The molecule has 0 bridgehead atoms. The van der Waals surface area contributed by atoms with Gasteiger partial charge in [-0.25, -0.2) is 9.79 Å². The number of Topliss-reactive ketones (excluding diaryl/α,β-unsaturated/α-hetero) is 1. The lowest BCUT2D eigenvalue weighted by atomic mass is 9.87. The molecular weight excluding hydrogens is 320 g/mol. The molecule has 1 fully saturated rings. The molecule has 22 heavy (non-hydrogen) atoms. The number of nitrogens with zero attached hydrogens (tertiary/aromatic N) is 2. The maximum Gasteiger partial charge on any atom is 0.367 e. The van der Waals surface area contributed by atoms with Crippen LogP contribution in [-0.4, -0.2) is 28.3 Å². The minimum absolute atomic E-state index is 0.0108. The number of urea groups is 1. The third-order valence-electron chi connectivity index (χ3n) is 3.84. The number of benzene rings is 1. The Hall–Kier alpha value is -1.46. The Balaban J connectivity index is 1.66. The van der Waals surface area contributed by atoms with E-state index in [9.17, 15) is 9.59 Å². The third-order valence-corrected chi connectivity index (χ3v) is 5.17. The summed E-state index contributed by atoms with van der Waals surface area (Å²) in [5, 5.41) is 1.35. The molecule has 1 unspecified atom stereocenters. The van der Waals surface area contributed by atoms with E-state index >= 15 is 0 Å². The van der Waals surface area contributed by atoms with Crippen molar-refractivity contribution in [3.63, 3.8) is 0 Å². The molecule has 1 atom stereocenters. The van der Waals surface area contributed by atoms with E-state index in [1.807, 2.05) is 0 Å². The van der Waals surface area contributed by atoms with Crippen LogP contribution in [-0.2, 0) is 0 Å². The summed E-state index contributed by atoms with van der Waals surface area (Å²) < 4.78 is 0. The SMILES string of the molecule is O=C1N=C2CCCCC2C(SCC(=O)c2ccc(Cl)cc2)=N1. The summed E-state index contributed by atoms with van der Waals surface area (Å²) in [6, 6.07) is 6.40. The number of hydrogen-bond donors (Lipinski definition) is 0. The van der Waals surface area contributed by atoms with E-state index in [-0.39, 0.29) is 17.5 Å². The van der Waals surface area contributed by atoms with Crippen molar-refractivity contribution in [2.45, 2.75) is 25.7 Å². The van der Waals surface area contributed by atoms with E-state index in [2.05, 4.69) is 9.98 Å². The summed E-state index contributed by atoms with van der Waals surface area (Å²) in [4.78, 5) is 31.9. The predicted octanol–water partition coefficient (Wildman–Crippen LogP) is 4.42. The number of hydrogen-bond acceptors (Lipinski definition) is 3. The second-order valence-electron chi connectivity index (χ2n) is 5.35. The molecule has 0 N–H and O–H groups in total. The molecule has 1 aliphatic heterocycles. The molecule has 1 aliphatic carbocycles. The first-order chi connectivity index (χ1) is 10.6. The van der Waals surface area contributed by atoms with Gasteiger partial charge < -0.3 is 0 Å². The zero-order valence-electron chi connectivity index (χ0n) is 11.9. The van der Waals surface area contributed by atoms with Crippen LogP contribution < -0.4 is 0 Å². The monoisotopic (exact) mass is 334 g/mol. The van der Waals surface area contributed by atoms with Crippen LogP contribution in [0.15, 0.2) is 34.3 Å². The second kappa shape index (κ2) is 6.75. The van der Waals surface area contributed by atoms with Gasteiger partial charge in [-0.15, -0.1) is 11.8 Å². The van der Waals surface area contributed by atoms with Crippen LogP contribution in [0.2, 0.25) is 5.02 Å². The van der Waals surface area contributed by atoms with Gasteiger partial charge >= 0.3 is 6.03 Å². The maximum atomic E-state index is 12.2. The highest BCUT2D eigenvalue weighted by Gasteiger charge is 2.30. The van der Waals surface area contributed by atoms with Gasteiger partial charge in [-0.1, -0.05) is 18.0 Å². The average Bonchev–Trinajstić information content (AvgIpc) is 2.52. The minimum atomic E-state index is -0.436. The van der Waals surface area contributed by atoms with Crippen molar-refractivity contribution in [2.75, 3.05) is 5.75 Å². The summed E-state index contributed by atoms with van der Waals surface area (Å²) in [7, 11) is 0. The summed E-state index contributed by atoms with van der Waals surface area (Å²) in [5.74, 6) is 0.420. The number of carbonyl (C=O) groups excluding carboxylic acids is 2. The third kappa shape index (κ3) is 3.47. The number of amides is 2. The van der Waals surface area contributed by atoms with Gasteiger partial charge in [-0.3, -0.25) is 4.79 Å². The maximum absolute atomic E-state index is 12.2. The zero-order valence-corrected chi connectivity index (χ0v) is 13.5. The molecule has 114 valence electrons. The minimum Gasteiger partial charge on any atom is -0.293 e. The lowest BCUT2D eigenvalue weighted by molar-refractivity contribution is 0.102. The largest absolute Gasteiger partial charge is 0.367 e. The number of rotatable bonds is 3. The van der Waals surface area contributed by atoms with E-state index in [4.69, 9.17) is 11.6 Å². The fraction of sp³-hybridized carbons (Fsp3) is 0.375. The van der Waals surface area contributed by atoms with Crippen LogP contribution in [0.25, 0.3) is 0 Å². The molecule has 0 spiro atoms. The Kier molecular flexibility index (Phi) is 4.74. The van der Waals surface area contributed by atoms with Gasteiger partial charge in [0, 0.05) is 22.2 Å². The van der Waals surface area contributed by atoms with E-state index in [0.717, 1.165) is 36.4 Å². The number of aliphatic imine (C=N–C) groups is 2. The van der Waals surface area contributed by atoms with Crippen LogP contribution in [0.1, 0.15) is 36.0 Å². The number of carbonyl (C=O) groups is 2. The first-order valence-electron chi connectivity index (χ1n) is 7.25. The second-order valence-corrected chi connectivity index (χ2v) is 6.78. The van der Waals surface area contributed by atoms with Gasteiger partial charge in [0.15, 0.2) is 5.78 Å². The van der Waals surface area contributed by atoms with Crippen LogP contribution in [0.4, 0.5) is 4.79 Å². The molecule has 2 amide bonds. The Morgan fingerprint density at radius 2 is 2.00 bits per heavy atom. The fourth-order valence-electron chi connectivity index (χ4n) is 2.71. The van der Waals surface area contributed by atoms with Crippen molar-refractivity contribution in [3.8, 4) is 0 Å². The van der Waals surface area contributed by atoms with Gasteiger partial charge in [-0.2, -0.15) is 4.99 Å². The number of halogens is 1. The Morgan fingerprint density at radius 1 is 1.23 bits per heavy atom. The van der Waals surface area contributed by atoms with Crippen molar-refractivity contribution in [3.05, 3.63) is 34.9 Å². The molecule has 1 aromatic rings. The van der Waals surface area contributed by atoms with Gasteiger partial charge in [0.2, 0.25) is 0 Å². The summed E-state index contributed by atoms with van der Waals surface area (Å²) in [5.41, 5.74) is 1.56. The van der Waals surface area contributed by atoms with Crippen molar-refractivity contribution in [2.24, 2.45) is 15.9 Å². The molecule has 4 nitrogen and oxygen atoms in total. The van der Waals surface area contributed by atoms with Gasteiger partial charge in [-0.05, 0) is 43.5 Å². The van der Waals surface area contributed by atoms with Crippen LogP contribution in [0, 0.1) is 5.92 Å². The highest BCUT2D eigenvalue weighted by atomic mass is 35.5. The molecule has 0 saturated heterocycles. The fourth-order valence-corrected chi connectivity index (χ4v) is 3.88. The smallest absolute Gasteiger partial charge is 0.293 e. The normalized spacial score (nSPS) is 21.0. The predicted molar refractivity (Wildman–Crippen MR) is 90.5 cm³/mol. The standard InChI is InChI=1S/C16H15ClN2O2S/c17-11-7-5-10(6-8-11)14(20)9-22-15-12-3-1-2-4-13(12)18-16(21)19-15/h5-8,12H,1-4,9H2. The van der Waals surface area contributed by atoms with Crippen molar-refractivity contribution in [1.29, 1.82) is 0 Å². The molecule has 1 aromatic carbocycles. The van der Waals surface area contributed by atoms with Crippen molar-refractivity contribution in [1.82, 2.24) is 0 Å². The number of ketones is 1. The molecule has 1 heterocycles. The first kappa shape index (κ1) is 15.4. The Bertz CT molecular complexity index is 667. The Labute approximate surface area is 138 Å². The summed E-state index contributed by atoms with van der Waals surface area (Å²) in [6.07, 6.45) is 4.01. The van der Waals surface area contributed by atoms with Gasteiger partial charge in [0.05, 0.1) is 10.8 Å². The molecule has 6 heteroatoms. The highest BCUT2D eigenvalue weighted by molar-refractivity contribution is 8.14. The van der Waals surface area contributed by atoms with Crippen LogP contribution in [0.3, 0.4) is 0 Å². The molecule has 0 aromatic heterocycles. The van der Waals surface area contributed by atoms with E-state index < -0.39 is 6.03 Å². The van der Waals surface area contributed by atoms with E-state index in [1.165, 1.54) is 11.8 Å². The van der Waals surface area contributed by atoms with E-state index in [1.54, 1.807) is 24.3 Å². The molecule has 1 saturated carbocycles. The topological polar surface area (TPSA) is 58.9 Å². The molecule has 0 radical (unpaired) electrons. The first-order valence-corrected chi connectivity index (χ1v) is 8.61. The number of fused-ring (bicyclic) bond motifs is 1. The zero-order chi connectivity index (χ0) is 15.5. The Morgan fingerprint density at radius 3 is 2.77 bits per heavy atom. The lowest BCUT2D eigenvalue weighted by Gasteiger charge is -2.26. The van der Waals surface area contributed by atoms with E-state index in [0.29, 0.717) is 10.6 Å². The van der Waals surface area contributed by atoms with Crippen molar-refractivity contribution < 1.29 is 9.59 Å². The average molecular weight is 335 g/mol. The summed E-state index contributed by atoms with van der Waals surface area (Å²) >= 11 is 7.18. The molecule has 3 rings (SSSR count). The van der Waals surface area contributed by atoms with Crippen LogP contribution in [0.5, 0.6) is 0 Å². The summed E-state index contributed by atoms with van der Waals surface area (Å²) in [6.45, 7) is 0. The van der Waals surface area contributed by atoms with Gasteiger partial charge in [0.1, 0.15) is 0 Å². The quantitative estimate of drug-likeness (QED) is 0.769. The lowest BCUT2D eigenvalue weighted by Crippen LogP contribution is -2.30.